The van der Waals surface area contributed by atoms with E-state index < -0.39 is 28.9 Å². The van der Waals surface area contributed by atoms with Crippen molar-refractivity contribution in [2.75, 3.05) is 0 Å². The molecule has 28 heavy (non-hydrogen) atoms. The van der Waals surface area contributed by atoms with Crippen LogP contribution in [0.1, 0.15) is 44.6 Å². The first-order chi connectivity index (χ1) is 13.2. The van der Waals surface area contributed by atoms with Gasteiger partial charge in [-0.15, -0.1) is 10.2 Å². The molecule has 2 heterocycles. The predicted molar refractivity (Wildman–Crippen MR) is 96.9 cm³/mol. The number of nitrogens with zero attached hydrogens (tertiary/aromatic N) is 3. The van der Waals surface area contributed by atoms with Gasteiger partial charge in [0, 0.05) is 12.2 Å². The van der Waals surface area contributed by atoms with E-state index in [1.165, 1.54) is 10.5 Å². The van der Waals surface area contributed by atoms with Gasteiger partial charge in [-0.2, -0.15) is 13.2 Å². The average Bonchev–Trinajstić information content (AvgIpc) is 3.04. The number of thioether (sulfide) groups is 1. The molecule has 3 amide bonds. The maximum Gasteiger partial charge on any atom is 0.417 e. The Bertz CT molecular complexity index is 864. The largest absolute Gasteiger partial charge is 0.417 e. The maximum absolute atomic E-state index is 12.9. The van der Waals surface area contributed by atoms with Crippen molar-refractivity contribution in [1.29, 1.82) is 0 Å². The smallest absolute Gasteiger partial charge is 0.335 e. The lowest BCUT2D eigenvalue weighted by molar-refractivity contribution is -0.137. The molecular formula is C17H20F3N5O2S. The Balaban J connectivity index is 1.62. The van der Waals surface area contributed by atoms with Gasteiger partial charge in [-0.05, 0) is 31.9 Å². The van der Waals surface area contributed by atoms with E-state index in [4.69, 9.17) is 0 Å². The van der Waals surface area contributed by atoms with Gasteiger partial charge in [-0.1, -0.05) is 31.0 Å². The minimum absolute atomic E-state index is 0.0609. The first-order valence-corrected chi connectivity index (χ1v) is 9.82. The molecule has 1 aliphatic rings. The summed E-state index contributed by atoms with van der Waals surface area (Å²) < 4.78 is 39.9. The van der Waals surface area contributed by atoms with E-state index >= 15 is 0 Å². The van der Waals surface area contributed by atoms with Crippen molar-refractivity contribution in [3.8, 4) is 0 Å². The number of hydrogen-bond acceptors (Lipinski definition) is 5. The molecule has 152 valence electrons. The normalized spacial score (nSPS) is 16.7. The number of rotatable bonds is 4. The van der Waals surface area contributed by atoms with Gasteiger partial charge in [0.25, 0.3) is 0 Å². The van der Waals surface area contributed by atoms with Crippen molar-refractivity contribution < 1.29 is 22.8 Å². The summed E-state index contributed by atoms with van der Waals surface area (Å²) in [6, 6.07) is 1.63. The molecule has 0 aromatic carbocycles. The first kappa shape index (κ1) is 20.4. The standard InChI is InChI=1S/C17H20F3N5O2S/c1-10(14(26)22-15(27)21-12-5-3-2-4-6-12)28-16-24-23-13-8-7-11(9-25(13)16)17(18,19)20/h7-10,12H,2-6H2,1H3,(H2,21,22,26,27). The SMILES string of the molecule is CC(Sc1nnc2ccc(C(F)(F)F)cn12)C(=O)NC(=O)NC1CCCCC1. The lowest BCUT2D eigenvalue weighted by Crippen LogP contribution is -2.47. The van der Waals surface area contributed by atoms with E-state index in [9.17, 15) is 22.8 Å². The van der Waals surface area contributed by atoms with Crippen LogP contribution in [-0.2, 0) is 11.0 Å². The van der Waals surface area contributed by atoms with E-state index in [0.29, 0.717) is 0 Å². The van der Waals surface area contributed by atoms with Crippen molar-refractivity contribution in [3.05, 3.63) is 23.9 Å². The molecule has 0 spiro atoms. The first-order valence-electron chi connectivity index (χ1n) is 8.94. The molecule has 2 aromatic heterocycles. The van der Waals surface area contributed by atoms with Crippen molar-refractivity contribution >= 4 is 29.3 Å². The van der Waals surface area contributed by atoms with Crippen LogP contribution in [0.5, 0.6) is 0 Å². The van der Waals surface area contributed by atoms with Crippen LogP contribution in [0.4, 0.5) is 18.0 Å². The van der Waals surface area contributed by atoms with Gasteiger partial charge in [-0.25, -0.2) is 4.79 Å². The number of alkyl halides is 3. The van der Waals surface area contributed by atoms with E-state index in [-0.39, 0.29) is 16.8 Å². The number of hydrogen-bond donors (Lipinski definition) is 2. The summed E-state index contributed by atoms with van der Waals surface area (Å²) in [6.07, 6.45) is 1.40. The van der Waals surface area contributed by atoms with Crippen LogP contribution >= 0.6 is 11.8 Å². The Hall–Kier alpha value is -2.30. The van der Waals surface area contributed by atoms with Gasteiger partial charge < -0.3 is 5.32 Å². The Morgan fingerprint density at radius 2 is 1.93 bits per heavy atom. The van der Waals surface area contributed by atoms with Crippen molar-refractivity contribution in [3.63, 3.8) is 0 Å². The fourth-order valence-electron chi connectivity index (χ4n) is 3.01. The maximum atomic E-state index is 12.9. The third-order valence-electron chi connectivity index (χ3n) is 4.53. The number of carbonyl (C=O) groups is 2. The monoisotopic (exact) mass is 415 g/mol. The molecular weight excluding hydrogens is 395 g/mol. The molecule has 2 N–H and O–H groups in total. The Morgan fingerprint density at radius 1 is 1.21 bits per heavy atom. The van der Waals surface area contributed by atoms with Crippen LogP contribution in [0, 0.1) is 0 Å². The quantitative estimate of drug-likeness (QED) is 0.748. The van der Waals surface area contributed by atoms with Crippen LogP contribution in [-0.4, -0.2) is 37.8 Å². The number of carbonyl (C=O) groups excluding carboxylic acids is 2. The van der Waals surface area contributed by atoms with Crippen LogP contribution in [0.25, 0.3) is 5.65 Å². The van der Waals surface area contributed by atoms with Crippen molar-refractivity contribution in [2.45, 2.75) is 61.7 Å². The zero-order valence-electron chi connectivity index (χ0n) is 15.1. The van der Waals surface area contributed by atoms with E-state index in [1.807, 2.05) is 0 Å². The molecule has 1 saturated carbocycles. The summed E-state index contributed by atoms with van der Waals surface area (Å²) in [5.41, 5.74) is -0.608. The molecule has 1 aliphatic carbocycles. The van der Waals surface area contributed by atoms with E-state index in [2.05, 4.69) is 20.8 Å². The molecule has 0 bridgehead atoms. The lowest BCUT2D eigenvalue weighted by atomic mass is 9.96. The van der Waals surface area contributed by atoms with Crippen LogP contribution in [0.3, 0.4) is 0 Å². The highest BCUT2D eigenvalue weighted by Gasteiger charge is 2.31. The number of imide groups is 1. The molecule has 3 rings (SSSR count). The van der Waals surface area contributed by atoms with Gasteiger partial charge in [0.15, 0.2) is 10.8 Å². The van der Waals surface area contributed by atoms with Crippen LogP contribution in [0.2, 0.25) is 0 Å². The second kappa shape index (κ2) is 8.38. The van der Waals surface area contributed by atoms with Crippen LogP contribution < -0.4 is 10.6 Å². The lowest BCUT2D eigenvalue weighted by Gasteiger charge is -2.22. The molecule has 1 fully saturated rings. The van der Waals surface area contributed by atoms with Gasteiger partial charge >= 0.3 is 12.2 Å². The zero-order valence-corrected chi connectivity index (χ0v) is 15.9. The Labute approximate surface area is 163 Å². The van der Waals surface area contributed by atoms with Crippen LogP contribution in [0.15, 0.2) is 23.5 Å². The molecule has 0 radical (unpaired) electrons. The topological polar surface area (TPSA) is 88.4 Å². The second-order valence-corrected chi connectivity index (χ2v) is 7.99. The van der Waals surface area contributed by atoms with Gasteiger partial charge in [0.2, 0.25) is 5.91 Å². The fourth-order valence-corrected chi connectivity index (χ4v) is 3.84. The molecule has 0 aliphatic heterocycles. The summed E-state index contributed by atoms with van der Waals surface area (Å²) in [5.74, 6) is -0.554. The Kier molecular flexibility index (Phi) is 6.11. The molecule has 11 heteroatoms. The summed E-state index contributed by atoms with van der Waals surface area (Å²) in [5, 5.41) is 12.1. The number of pyridine rings is 1. The zero-order chi connectivity index (χ0) is 20.3. The summed E-state index contributed by atoms with van der Waals surface area (Å²) in [7, 11) is 0. The number of amides is 3. The van der Waals surface area contributed by atoms with E-state index in [0.717, 1.165) is 56.1 Å². The molecule has 7 nitrogen and oxygen atoms in total. The van der Waals surface area contributed by atoms with Crippen molar-refractivity contribution in [1.82, 2.24) is 25.2 Å². The highest BCUT2D eigenvalue weighted by atomic mass is 32.2. The predicted octanol–water partition coefficient (Wildman–Crippen LogP) is 3.39. The number of urea groups is 1. The summed E-state index contributed by atoms with van der Waals surface area (Å²) in [6.45, 7) is 1.54. The third kappa shape index (κ3) is 4.94. The summed E-state index contributed by atoms with van der Waals surface area (Å²) in [4.78, 5) is 24.2. The highest BCUT2D eigenvalue weighted by molar-refractivity contribution is 8.00. The third-order valence-corrected chi connectivity index (χ3v) is 5.58. The van der Waals surface area contributed by atoms with Gasteiger partial charge in [-0.3, -0.25) is 14.5 Å². The number of nitrogens with one attached hydrogen (secondary N) is 2. The molecule has 1 unspecified atom stereocenters. The van der Waals surface area contributed by atoms with E-state index in [1.54, 1.807) is 6.92 Å². The van der Waals surface area contributed by atoms with Crippen molar-refractivity contribution in [2.24, 2.45) is 0 Å². The fraction of sp³-hybridized carbons (Fsp3) is 0.529. The molecule has 2 aromatic rings. The average molecular weight is 415 g/mol. The molecule has 0 saturated heterocycles. The van der Waals surface area contributed by atoms with Gasteiger partial charge in [0.05, 0.1) is 10.8 Å². The van der Waals surface area contributed by atoms with Gasteiger partial charge in [0.1, 0.15) is 0 Å². The minimum Gasteiger partial charge on any atom is -0.335 e. The number of fused-ring (bicyclic) bond motifs is 1. The number of aromatic nitrogens is 3. The number of halogens is 3. The second-order valence-electron chi connectivity index (χ2n) is 6.68. The highest BCUT2D eigenvalue weighted by Crippen LogP contribution is 2.30. The molecule has 1 atom stereocenters. The Morgan fingerprint density at radius 3 is 2.61 bits per heavy atom. The minimum atomic E-state index is -4.50. The summed E-state index contributed by atoms with van der Waals surface area (Å²) >= 11 is 0.925.